The van der Waals surface area contributed by atoms with E-state index in [0.29, 0.717) is 21.3 Å². The van der Waals surface area contributed by atoms with Gasteiger partial charge in [-0.2, -0.15) is 0 Å². The number of thioether (sulfide) groups is 1. The molecule has 3 aromatic carbocycles. The van der Waals surface area contributed by atoms with Gasteiger partial charge in [0.05, 0.1) is 16.6 Å². The molecule has 39 heavy (non-hydrogen) atoms. The van der Waals surface area contributed by atoms with Crippen LogP contribution in [0, 0.1) is 18.7 Å². The monoisotopic (exact) mass is 559 g/mol. The fourth-order valence-electron chi connectivity index (χ4n) is 5.10. The van der Waals surface area contributed by atoms with Crippen LogP contribution in [0.15, 0.2) is 88.7 Å². The molecule has 0 radical (unpaired) electrons. The van der Waals surface area contributed by atoms with Crippen LogP contribution in [-0.2, 0) is 20.9 Å². The van der Waals surface area contributed by atoms with Crippen molar-refractivity contribution in [1.82, 2.24) is 4.57 Å². The predicted octanol–water partition coefficient (Wildman–Crippen LogP) is 4.79. The van der Waals surface area contributed by atoms with Crippen LogP contribution in [0.1, 0.15) is 21.9 Å². The molecule has 6 rings (SSSR count). The van der Waals surface area contributed by atoms with E-state index in [1.807, 2.05) is 49.4 Å². The van der Waals surface area contributed by atoms with Gasteiger partial charge in [0.25, 0.3) is 0 Å². The van der Waals surface area contributed by atoms with E-state index >= 15 is 0 Å². The summed E-state index contributed by atoms with van der Waals surface area (Å²) in [5, 5.41) is 2.44. The molecule has 2 aliphatic heterocycles. The molecule has 1 N–H and O–H groups in total. The van der Waals surface area contributed by atoms with Gasteiger partial charge >= 0.3 is 4.87 Å². The van der Waals surface area contributed by atoms with E-state index < -0.39 is 28.8 Å². The van der Waals surface area contributed by atoms with Gasteiger partial charge in [0.2, 0.25) is 17.7 Å². The molecule has 3 atom stereocenters. The number of halogens is 1. The Morgan fingerprint density at radius 1 is 0.923 bits per heavy atom. The summed E-state index contributed by atoms with van der Waals surface area (Å²) in [5.74, 6) is -2.74. The number of benzene rings is 3. The lowest BCUT2D eigenvalue weighted by atomic mass is 9.83. The highest BCUT2D eigenvalue weighted by Crippen LogP contribution is 2.53. The molecule has 10 heteroatoms. The first kappa shape index (κ1) is 25.3. The van der Waals surface area contributed by atoms with Crippen molar-refractivity contribution in [2.24, 2.45) is 5.92 Å². The first-order chi connectivity index (χ1) is 18.8. The summed E-state index contributed by atoms with van der Waals surface area (Å²) in [5.41, 5.74) is 2.75. The van der Waals surface area contributed by atoms with Crippen LogP contribution in [0.5, 0.6) is 0 Å². The standard InChI is InChI=1S/C29H22FN3O4S2/c1-16-7-13-20(14-8-16)33-26(35)23-22(17-5-3-2-4-6-17)25-28(38-24(23)27(33)36)32(29(37)39-25)15-21(34)31-19-11-9-18(30)10-12-19/h2-14,22-24H,15H2,1H3,(H,31,34)/t22-,23+,24-/m0/s1. The number of anilines is 2. The maximum absolute atomic E-state index is 13.8. The molecule has 7 nitrogen and oxygen atoms in total. The van der Waals surface area contributed by atoms with Crippen LogP contribution in [-0.4, -0.2) is 27.5 Å². The van der Waals surface area contributed by atoms with Crippen LogP contribution in [0.3, 0.4) is 0 Å². The Balaban J connectivity index is 1.39. The summed E-state index contributed by atoms with van der Waals surface area (Å²) in [6.07, 6.45) is 0. The van der Waals surface area contributed by atoms with Crippen molar-refractivity contribution in [3.8, 4) is 0 Å². The molecule has 0 bridgehead atoms. The number of hydrogen-bond donors (Lipinski definition) is 1. The average molecular weight is 560 g/mol. The number of rotatable bonds is 5. The van der Waals surface area contributed by atoms with Crippen molar-refractivity contribution in [2.75, 3.05) is 10.2 Å². The van der Waals surface area contributed by atoms with E-state index in [-0.39, 0.29) is 23.2 Å². The molecule has 0 saturated carbocycles. The second kappa shape index (κ2) is 9.94. The van der Waals surface area contributed by atoms with Crippen LogP contribution in [0.25, 0.3) is 0 Å². The quantitative estimate of drug-likeness (QED) is 0.355. The topological polar surface area (TPSA) is 88.5 Å². The van der Waals surface area contributed by atoms with Crippen molar-refractivity contribution >= 4 is 52.2 Å². The van der Waals surface area contributed by atoms with E-state index in [9.17, 15) is 23.6 Å². The van der Waals surface area contributed by atoms with E-state index in [1.165, 1.54) is 45.5 Å². The Hall–Kier alpha value is -4.02. The van der Waals surface area contributed by atoms with Gasteiger partial charge in [0, 0.05) is 16.5 Å². The minimum Gasteiger partial charge on any atom is -0.325 e. The van der Waals surface area contributed by atoms with Crippen molar-refractivity contribution in [1.29, 1.82) is 0 Å². The summed E-state index contributed by atoms with van der Waals surface area (Å²) < 4.78 is 14.6. The number of aryl methyl sites for hydroxylation is 1. The summed E-state index contributed by atoms with van der Waals surface area (Å²) in [7, 11) is 0. The maximum Gasteiger partial charge on any atom is 0.308 e. The Morgan fingerprint density at radius 3 is 2.31 bits per heavy atom. The number of amides is 3. The Kier molecular flexibility index (Phi) is 6.44. The van der Waals surface area contributed by atoms with E-state index in [0.717, 1.165) is 22.5 Å². The number of nitrogens with one attached hydrogen (secondary N) is 1. The zero-order valence-corrected chi connectivity index (χ0v) is 22.3. The van der Waals surface area contributed by atoms with Gasteiger partial charge in [0.15, 0.2) is 0 Å². The number of carbonyl (C=O) groups is 3. The highest BCUT2D eigenvalue weighted by Gasteiger charge is 2.56. The van der Waals surface area contributed by atoms with Crippen LogP contribution < -0.4 is 15.1 Å². The van der Waals surface area contributed by atoms with Crippen LogP contribution in [0.2, 0.25) is 0 Å². The summed E-state index contributed by atoms with van der Waals surface area (Å²) in [4.78, 5) is 55.2. The van der Waals surface area contributed by atoms with E-state index in [2.05, 4.69) is 5.32 Å². The normalized spacial score (nSPS) is 20.1. The number of aromatic nitrogens is 1. The summed E-state index contributed by atoms with van der Waals surface area (Å²) in [6, 6.07) is 21.9. The third-order valence-corrected chi connectivity index (χ3v) is 9.53. The first-order valence-corrected chi connectivity index (χ1v) is 14.0. The Bertz CT molecular complexity index is 1650. The lowest BCUT2D eigenvalue weighted by Crippen LogP contribution is -2.33. The number of carbonyl (C=O) groups excluding carboxylic acids is 3. The van der Waals surface area contributed by atoms with Gasteiger partial charge in [-0.15, -0.1) is 0 Å². The number of imide groups is 1. The molecule has 3 amide bonds. The third-order valence-electron chi connectivity index (χ3n) is 6.93. The van der Waals surface area contributed by atoms with Gasteiger partial charge < -0.3 is 5.32 Å². The molecule has 0 aliphatic carbocycles. The van der Waals surface area contributed by atoms with Gasteiger partial charge in [-0.25, -0.2) is 9.29 Å². The highest BCUT2D eigenvalue weighted by atomic mass is 32.2. The zero-order chi connectivity index (χ0) is 27.3. The first-order valence-electron chi connectivity index (χ1n) is 12.3. The number of fused-ring (bicyclic) bond motifs is 2. The Morgan fingerprint density at radius 2 is 1.62 bits per heavy atom. The number of thiazole rings is 1. The van der Waals surface area contributed by atoms with Gasteiger partial charge in [0.1, 0.15) is 17.6 Å². The van der Waals surface area contributed by atoms with Gasteiger partial charge in [-0.1, -0.05) is 71.1 Å². The van der Waals surface area contributed by atoms with Crippen molar-refractivity contribution in [3.05, 3.63) is 110 Å². The molecule has 0 unspecified atom stereocenters. The van der Waals surface area contributed by atoms with Crippen molar-refractivity contribution in [2.45, 2.75) is 29.7 Å². The average Bonchev–Trinajstić information content (AvgIpc) is 3.37. The molecular formula is C29H22FN3O4S2. The van der Waals surface area contributed by atoms with Crippen LogP contribution in [0.4, 0.5) is 15.8 Å². The fourth-order valence-corrected chi connectivity index (χ4v) is 7.87. The summed E-state index contributed by atoms with van der Waals surface area (Å²) >= 11 is 2.17. The second-order valence-electron chi connectivity index (χ2n) is 9.48. The molecule has 1 fully saturated rings. The maximum atomic E-state index is 13.8. The molecule has 0 spiro atoms. The SMILES string of the molecule is Cc1ccc(N2C(=O)[C@@H]3[C@H](c4ccccc4)c4sc(=O)n(CC(=O)Nc5ccc(F)cc5)c4S[C@@H]3C2=O)cc1. The summed E-state index contributed by atoms with van der Waals surface area (Å²) in [6.45, 7) is 1.65. The lowest BCUT2D eigenvalue weighted by Gasteiger charge is -2.30. The largest absolute Gasteiger partial charge is 0.325 e. The molecule has 4 aromatic rings. The minimum atomic E-state index is -0.753. The fraction of sp³-hybridized carbons (Fsp3) is 0.172. The highest BCUT2D eigenvalue weighted by molar-refractivity contribution is 8.00. The minimum absolute atomic E-state index is 0.280. The molecule has 196 valence electrons. The van der Waals surface area contributed by atoms with Gasteiger partial charge in [-0.3, -0.25) is 23.7 Å². The van der Waals surface area contributed by atoms with Crippen molar-refractivity contribution < 1.29 is 18.8 Å². The second-order valence-corrected chi connectivity index (χ2v) is 11.6. The van der Waals surface area contributed by atoms with E-state index in [1.54, 1.807) is 12.1 Å². The van der Waals surface area contributed by atoms with Gasteiger partial charge in [-0.05, 0) is 48.9 Å². The number of nitrogens with zero attached hydrogens (tertiary/aromatic N) is 2. The molecule has 3 heterocycles. The Labute approximate surface area is 231 Å². The lowest BCUT2D eigenvalue weighted by molar-refractivity contribution is -0.122. The molecular weight excluding hydrogens is 537 g/mol. The van der Waals surface area contributed by atoms with Crippen molar-refractivity contribution in [3.63, 3.8) is 0 Å². The van der Waals surface area contributed by atoms with Crippen LogP contribution >= 0.6 is 23.1 Å². The third kappa shape index (κ3) is 4.49. The van der Waals surface area contributed by atoms with E-state index in [4.69, 9.17) is 0 Å². The smallest absolute Gasteiger partial charge is 0.308 e. The molecule has 2 aliphatic rings. The predicted molar refractivity (Wildman–Crippen MR) is 149 cm³/mol. The molecule has 1 aromatic heterocycles. The molecule has 1 saturated heterocycles. The number of hydrogen-bond acceptors (Lipinski definition) is 6. The zero-order valence-electron chi connectivity index (χ0n) is 20.7.